The quantitative estimate of drug-likeness (QED) is 0.813. The molecule has 21 heavy (non-hydrogen) atoms. The summed E-state index contributed by atoms with van der Waals surface area (Å²) in [6.07, 6.45) is 6.41. The lowest BCUT2D eigenvalue weighted by Gasteiger charge is -2.29. The van der Waals surface area contributed by atoms with E-state index in [-0.39, 0.29) is 0 Å². The second-order valence-electron chi connectivity index (χ2n) is 6.93. The third-order valence-electron chi connectivity index (χ3n) is 4.98. The lowest BCUT2D eigenvalue weighted by molar-refractivity contribution is 0.161. The summed E-state index contributed by atoms with van der Waals surface area (Å²) in [4.78, 5) is 0. The predicted molar refractivity (Wildman–Crippen MR) is 89.5 cm³/mol. The van der Waals surface area contributed by atoms with Crippen LogP contribution < -0.4 is 5.32 Å². The summed E-state index contributed by atoms with van der Waals surface area (Å²) in [5.74, 6) is 1.33. The fourth-order valence-electron chi connectivity index (χ4n) is 3.32. The van der Waals surface area contributed by atoms with Crippen LogP contribution in [0.3, 0.4) is 0 Å². The number of hydrogen-bond acceptors (Lipinski definition) is 2. The molecule has 1 aliphatic carbocycles. The van der Waals surface area contributed by atoms with E-state index in [2.05, 4.69) is 50.4 Å². The van der Waals surface area contributed by atoms with Crippen LogP contribution in [0.1, 0.15) is 76.0 Å². The molecule has 2 unspecified atom stereocenters. The maximum absolute atomic E-state index is 10.3. The number of rotatable bonds is 6. The van der Waals surface area contributed by atoms with Gasteiger partial charge < -0.3 is 10.4 Å². The molecule has 2 N–H and O–H groups in total. The molecule has 0 bridgehead atoms. The molecule has 1 aromatic rings. The third-order valence-corrected chi connectivity index (χ3v) is 4.98. The molecule has 1 saturated carbocycles. The van der Waals surface area contributed by atoms with Gasteiger partial charge >= 0.3 is 0 Å². The molecule has 2 rings (SSSR count). The van der Waals surface area contributed by atoms with Crippen LogP contribution in [-0.4, -0.2) is 17.7 Å². The second-order valence-corrected chi connectivity index (χ2v) is 6.93. The molecule has 1 aliphatic rings. The van der Waals surface area contributed by atoms with Gasteiger partial charge in [-0.3, -0.25) is 0 Å². The normalized spacial score (nSPS) is 19.7. The van der Waals surface area contributed by atoms with Gasteiger partial charge in [-0.05, 0) is 42.7 Å². The van der Waals surface area contributed by atoms with E-state index >= 15 is 0 Å². The van der Waals surface area contributed by atoms with Crippen molar-refractivity contribution in [2.75, 3.05) is 6.54 Å². The standard InChI is InChI=1S/C19H31NO/c1-14(2)16-9-11-18(12-10-16)19(21)13-20-15(3)17-7-5-4-6-8-17/h9-12,14-15,17,19-21H,4-8,13H2,1-3H3. The van der Waals surface area contributed by atoms with E-state index in [0.29, 0.717) is 18.5 Å². The van der Waals surface area contributed by atoms with Gasteiger partial charge in [0, 0.05) is 12.6 Å². The molecule has 0 saturated heterocycles. The van der Waals surface area contributed by atoms with Gasteiger partial charge in [0.1, 0.15) is 0 Å². The van der Waals surface area contributed by atoms with Crippen molar-refractivity contribution < 1.29 is 5.11 Å². The zero-order valence-electron chi connectivity index (χ0n) is 13.8. The Hall–Kier alpha value is -0.860. The summed E-state index contributed by atoms with van der Waals surface area (Å²) in [6, 6.07) is 8.90. The van der Waals surface area contributed by atoms with E-state index < -0.39 is 6.10 Å². The van der Waals surface area contributed by atoms with Crippen LogP contribution in [0.25, 0.3) is 0 Å². The molecule has 0 aromatic heterocycles. The first-order chi connectivity index (χ1) is 10.1. The number of benzene rings is 1. The highest BCUT2D eigenvalue weighted by atomic mass is 16.3. The molecule has 118 valence electrons. The summed E-state index contributed by atoms with van der Waals surface area (Å²) in [7, 11) is 0. The van der Waals surface area contributed by atoms with E-state index in [0.717, 1.165) is 11.5 Å². The molecule has 1 aromatic carbocycles. The Kier molecular flexibility index (Phi) is 6.25. The highest BCUT2D eigenvalue weighted by Crippen LogP contribution is 2.26. The van der Waals surface area contributed by atoms with Gasteiger partial charge in [0.2, 0.25) is 0 Å². The highest BCUT2D eigenvalue weighted by molar-refractivity contribution is 5.26. The monoisotopic (exact) mass is 289 g/mol. The smallest absolute Gasteiger partial charge is 0.0914 e. The molecular weight excluding hydrogens is 258 g/mol. The first kappa shape index (κ1) is 16.5. The van der Waals surface area contributed by atoms with Crippen LogP contribution >= 0.6 is 0 Å². The summed E-state index contributed by atoms with van der Waals surface area (Å²) >= 11 is 0. The predicted octanol–water partition coefficient (Wildman–Crippen LogP) is 4.40. The lowest BCUT2D eigenvalue weighted by atomic mass is 9.84. The van der Waals surface area contributed by atoms with Gasteiger partial charge in [0.05, 0.1) is 6.10 Å². The van der Waals surface area contributed by atoms with Crippen molar-refractivity contribution in [3.8, 4) is 0 Å². The minimum atomic E-state index is -0.405. The van der Waals surface area contributed by atoms with E-state index in [1.807, 2.05) is 0 Å². The lowest BCUT2D eigenvalue weighted by Crippen LogP contribution is -2.37. The number of aliphatic hydroxyl groups excluding tert-OH is 1. The summed E-state index contributed by atoms with van der Waals surface area (Å²) < 4.78 is 0. The first-order valence-electron chi connectivity index (χ1n) is 8.59. The average molecular weight is 289 g/mol. The van der Waals surface area contributed by atoms with Crippen LogP contribution in [0.4, 0.5) is 0 Å². The molecule has 0 heterocycles. The van der Waals surface area contributed by atoms with Crippen LogP contribution in [0.5, 0.6) is 0 Å². The fourth-order valence-corrected chi connectivity index (χ4v) is 3.32. The summed E-state index contributed by atoms with van der Waals surface area (Å²) in [5, 5.41) is 13.9. The molecular formula is C19H31NO. The Morgan fingerprint density at radius 3 is 2.14 bits per heavy atom. The van der Waals surface area contributed by atoms with E-state index in [1.165, 1.54) is 37.7 Å². The Labute approximate surface area is 130 Å². The van der Waals surface area contributed by atoms with Crippen molar-refractivity contribution >= 4 is 0 Å². The van der Waals surface area contributed by atoms with Crippen molar-refractivity contribution in [3.05, 3.63) is 35.4 Å². The molecule has 1 fully saturated rings. The van der Waals surface area contributed by atoms with E-state index in [4.69, 9.17) is 0 Å². The van der Waals surface area contributed by atoms with Gasteiger partial charge in [-0.25, -0.2) is 0 Å². The second kappa shape index (κ2) is 7.95. The molecule has 2 heteroatoms. The number of hydrogen-bond donors (Lipinski definition) is 2. The maximum Gasteiger partial charge on any atom is 0.0914 e. The van der Waals surface area contributed by atoms with Gasteiger partial charge in [-0.1, -0.05) is 57.4 Å². The third kappa shape index (κ3) is 4.82. The van der Waals surface area contributed by atoms with Crippen molar-refractivity contribution in [1.29, 1.82) is 0 Å². The Bertz CT molecular complexity index is 406. The van der Waals surface area contributed by atoms with Gasteiger partial charge in [-0.2, -0.15) is 0 Å². The van der Waals surface area contributed by atoms with Crippen LogP contribution in [0.15, 0.2) is 24.3 Å². The summed E-state index contributed by atoms with van der Waals surface area (Å²) in [6.45, 7) is 7.31. The number of aliphatic hydroxyl groups is 1. The maximum atomic E-state index is 10.3. The SMILES string of the molecule is CC(C)c1ccc(C(O)CNC(C)C2CCCCC2)cc1. The van der Waals surface area contributed by atoms with Crippen LogP contribution in [-0.2, 0) is 0 Å². The van der Waals surface area contributed by atoms with Crippen molar-refractivity contribution in [1.82, 2.24) is 5.32 Å². The first-order valence-corrected chi connectivity index (χ1v) is 8.59. The van der Waals surface area contributed by atoms with Crippen molar-refractivity contribution in [2.24, 2.45) is 5.92 Å². The molecule has 0 aliphatic heterocycles. The molecule has 0 radical (unpaired) electrons. The number of nitrogens with one attached hydrogen (secondary N) is 1. The Morgan fingerprint density at radius 2 is 1.57 bits per heavy atom. The zero-order valence-corrected chi connectivity index (χ0v) is 13.8. The average Bonchev–Trinajstić information content (AvgIpc) is 2.53. The van der Waals surface area contributed by atoms with Crippen LogP contribution in [0, 0.1) is 5.92 Å². The van der Waals surface area contributed by atoms with E-state index in [9.17, 15) is 5.11 Å². The van der Waals surface area contributed by atoms with Crippen molar-refractivity contribution in [3.63, 3.8) is 0 Å². The van der Waals surface area contributed by atoms with Gasteiger partial charge in [-0.15, -0.1) is 0 Å². The van der Waals surface area contributed by atoms with Crippen molar-refractivity contribution in [2.45, 2.75) is 70.9 Å². The largest absolute Gasteiger partial charge is 0.387 e. The Morgan fingerprint density at radius 1 is 1.00 bits per heavy atom. The summed E-state index contributed by atoms with van der Waals surface area (Å²) in [5.41, 5.74) is 2.34. The Balaban J connectivity index is 1.81. The highest BCUT2D eigenvalue weighted by Gasteiger charge is 2.20. The minimum absolute atomic E-state index is 0.405. The van der Waals surface area contributed by atoms with E-state index in [1.54, 1.807) is 0 Å². The zero-order chi connectivity index (χ0) is 15.2. The minimum Gasteiger partial charge on any atom is -0.387 e. The fraction of sp³-hybridized carbons (Fsp3) is 0.684. The molecule has 0 amide bonds. The van der Waals surface area contributed by atoms with Gasteiger partial charge in [0.15, 0.2) is 0 Å². The topological polar surface area (TPSA) is 32.3 Å². The van der Waals surface area contributed by atoms with Crippen LogP contribution in [0.2, 0.25) is 0 Å². The molecule has 2 nitrogen and oxygen atoms in total. The van der Waals surface area contributed by atoms with Gasteiger partial charge in [0.25, 0.3) is 0 Å². The molecule has 0 spiro atoms. The molecule has 2 atom stereocenters.